The first-order valence-electron chi connectivity index (χ1n) is 9.94. The Morgan fingerprint density at radius 3 is 2.17 bits per heavy atom. The second-order valence-corrected chi connectivity index (χ2v) is 7.08. The maximum Gasteiger partial charge on any atom is 0.279 e. The molecule has 0 heterocycles. The Bertz CT molecular complexity index is 1020. The highest BCUT2D eigenvalue weighted by Gasteiger charge is 2.21. The average Bonchev–Trinajstić information content (AvgIpc) is 2.76. The van der Waals surface area contributed by atoms with Crippen molar-refractivity contribution < 1.29 is 19.1 Å². The SMILES string of the molecule is CC[C@H](Oc1ccc(C)cc1)C(=O)NNC(=O)[C@H](C)Oc1ccc2ccccc2c1. The molecule has 0 radical (unpaired) electrons. The molecular formula is C24H26N2O4. The van der Waals surface area contributed by atoms with Crippen LogP contribution in [0.5, 0.6) is 11.5 Å². The van der Waals surface area contributed by atoms with Crippen LogP contribution >= 0.6 is 0 Å². The molecule has 3 aromatic carbocycles. The minimum Gasteiger partial charge on any atom is -0.481 e. The van der Waals surface area contributed by atoms with E-state index in [9.17, 15) is 9.59 Å². The van der Waals surface area contributed by atoms with Crippen molar-refractivity contribution in [2.75, 3.05) is 0 Å². The number of nitrogens with one attached hydrogen (secondary N) is 2. The van der Waals surface area contributed by atoms with Gasteiger partial charge in [-0.1, -0.05) is 55.0 Å². The van der Waals surface area contributed by atoms with Gasteiger partial charge < -0.3 is 9.47 Å². The molecule has 6 heteroatoms. The molecule has 0 aliphatic carbocycles. The highest BCUT2D eigenvalue weighted by atomic mass is 16.5. The molecule has 2 amide bonds. The van der Waals surface area contributed by atoms with Gasteiger partial charge in [0.15, 0.2) is 12.2 Å². The van der Waals surface area contributed by atoms with E-state index < -0.39 is 24.0 Å². The van der Waals surface area contributed by atoms with E-state index in [-0.39, 0.29) is 0 Å². The number of hydrazine groups is 1. The summed E-state index contributed by atoms with van der Waals surface area (Å²) in [7, 11) is 0. The molecule has 0 bridgehead atoms. The largest absolute Gasteiger partial charge is 0.481 e. The summed E-state index contributed by atoms with van der Waals surface area (Å²) in [5.41, 5.74) is 5.93. The topological polar surface area (TPSA) is 76.7 Å². The van der Waals surface area contributed by atoms with Gasteiger partial charge in [0.1, 0.15) is 11.5 Å². The van der Waals surface area contributed by atoms with E-state index in [4.69, 9.17) is 9.47 Å². The summed E-state index contributed by atoms with van der Waals surface area (Å²) >= 11 is 0. The van der Waals surface area contributed by atoms with Gasteiger partial charge >= 0.3 is 0 Å². The van der Waals surface area contributed by atoms with E-state index in [1.54, 1.807) is 6.92 Å². The number of amides is 2. The zero-order valence-electron chi connectivity index (χ0n) is 17.3. The lowest BCUT2D eigenvalue weighted by Gasteiger charge is -2.19. The van der Waals surface area contributed by atoms with Gasteiger partial charge in [-0.25, -0.2) is 0 Å². The molecule has 3 aromatic rings. The molecule has 0 spiro atoms. The van der Waals surface area contributed by atoms with Crippen LogP contribution in [-0.2, 0) is 9.59 Å². The van der Waals surface area contributed by atoms with Crippen molar-refractivity contribution in [2.45, 2.75) is 39.4 Å². The number of aryl methyl sites for hydroxylation is 1. The maximum absolute atomic E-state index is 12.4. The zero-order valence-corrected chi connectivity index (χ0v) is 17.3. The number of ether oxygens (including phenoxy) is 2. The van der Waals surface area contributed by atoms with Gasteiger partial charge in [0.25, 0.3) is 11.8 Å². The van der Waals surface area contributed by atoms with Crippen molar-refractivity contribution in [3.8, 4) is 11.5 Å². The molecule has 30 heavy (non-hydrogen) atoms. The van der Waals surface area contributed by atoms with Gasteiger partial charge in [0.05, 0.1) is 0 Å². The highest BCUT2D eigenvalue weighted by Crippen LogP contribution is 2.21. The van der Waals surface area contributed by atoms with Crippen molar-refractivity contribution in [1.82, 2.24) is 10.9 Å². The predicted molar refractivity (Wildman–Crippen MR) is 116 cm³/mol. The van der Waals surface area contributed by atoms with Gasteiger partial charge in [0, 0.05) is 0 Å². The Morgan fingerprint density at radius 1 is 0.833 bits per heavy atom. The van der Waals surface area contributed by atoms with Crippen molar-refractivity contribution in [2.24, 2.45) is 0 Å². The lowest BCUT2D eigenvalue weighted by Crippen LogP contribution is -2.51. The number of rotatable bonds is 7. The van der Waals surface area contributed by atoms with E-state index in [0.29, 0.717) is 17.9 Å². The molecule has 0 saturated heterocycles. The zero-order chi connectivity index (χ0) is 21.5. The normalized spacial score (nSPS) is 12.6. The molecule has 3 rings (SSSR count). The quantitative estimate of drug-likeness (QED) is 0.583. The van der Waals surface area contributed by atoms with Gasteiger partial charge in [-0.2, -0.15) is 0 Å². The van der Waals surface area contributed by atoms with Crippen molar-refractivity contribution in [3.63, 3.8) is 0 Å². The second-order valence-electron chi connectivity index (χ2n) is 7.08. The van der Waals surface area contributed by atoms with Crippen LogP contribution in [0.15, 0.2) is 66.7 Å². The van der Waals surface area contributed by atoms with Crippen LogP contribution in [0.4, 0.5) is 0 Å². The summed E-state index contributed by atoms with van der Waals surface area (Å²) in [4.78, 5) is 24.7. The van der Waals surface area contributed by atoms with Crippen LogP contribution < -0.4 is 20.3 Å². The first-order valence-corrected chi connectivity index (χ1v) is 9.94. The molecule has 0 unspecified atom stereocenters. The van der Waals surface area contributed by atoms with E-state index in [2.05, 4.69) is 10.9 Å². The molecule has 0 aromatic heterocycles. The smallest absolute Gasteiger partial charge is 0.279 e. The third-order valence-electron chi connectivity index (χ3n) is 4.67. The molecule has 2 atom stereocenters. The van der Waals surface area contributed by atoms with Gasteiger partial charge in [-0.05, 0) is 55.3 Å². The highest BCUT2D eigenvalue weighted by molar-refractivity contribution is 5.87. The Kier molecular flexibility index (Phi) is 6.91. The third kappa shape index (κ3) is 5.50. The van der Waals surface area contributed by atoms with Crippen LogP contribution in [0, 0.1) is 6.92 Å². The Balaban J connectivity index is 1.52. The maximum atomic E-state index is 12.4. The summed E-state index contributed by atoms with van der Waals surface area (Å²) in [6.45, 7) is 5.44. The van der Waals surface area contributed by atoms with E-state index in [1.807, 2.05) is 80.6 Å². The summed E-state index contributed by atoms with van der Waals surface area (Å²) < 4.78 is 11.4. The van der Waals surface area contributed by atoms with Gasteiger partial charge in [-0.15, -0.1) is 0 Å². The fourth-order valence-electron chi connectivity index (χ4n) is 2.91. The summed E-state index contributed by atoms with van der Waals surface area (Å²) in [6.07, 6.45) is -1.05. The van der Waals surface area contributed by atoms with Gasteiger partial charge in [-0.3, -0.25) is 20.4 Å². The average molecular weight is 406 g/mol. The van der Waals surface area contributed by atoms with E-state index in [0.717, 1.165) is 16.3 Å². The Morgan fingerprint density at radius 2 is 1.47 bits per heavy atom. The monoisotopic (exact) mass is 406 g/mol. The summed E-state index contributed by atoms with van der Waals surface area (Å²) in [5, 5.41) is 2.11. The van der Waals surface area contributed by atoms with Crippen LogP contribution in [-0.4, -0.2) is 24.0 Å². The fourth-order valence-corrected chi connectivity index (χ4v) is 2.91. The van der Waals surface area contributed by atoms with Crippen LogP contribution in [0.25, 0.3) is 10.8 Å². The van der Waals surface area contributed by atoms with Crippen molar-refractivity contribution in [3.05, 3.63) is 72.3 Å². The number of fused-ring (bicyclic) bond motifs is 1. The first kappa shape index (κ1) is 21.2. The minimum atomic E-state index is -0.787. The minimum absolute atomic E-state index is 0.427. The lowest BCUT2D eigenvalue weighted by atomic mass is 10.1. The third-order valence-corrected chi connectivity index (χ3v) is 4.67. The fraction of sp³-hybridized carbons (Fsp3) is 0.250. The molecule has 2 N–H and O–H groups in total. The molecule has 0 aliphatic rings. The van der Waals surface area contributed by atoms with Crippen molar-refractivity contribution >= 4 is 22.6 Å². The predicted octanol–water partition coefficient (Wildman–Crippen LogP) is 3.92. The van der Waals surface area contributed by atoms with Crippen molar-refractivity contribution in [1.29, 1.82) is 0 Å². The van der Waals surface area contributed by atoms with Crippen LogP contribution in [0.1, 0.15) is 25.8 Å². The van der Waals surface area contributed by atoms with E-state index >= 15 is 0 Å². The molecule has 6 nitrogen and oxygen atoms in total. The second kappa shape index (κ2) is 9.78. The number of hydrogen-bond donors (Lipinski definition) is 2. The first-order chi connectivity index (χ1) is 14.5. The molecular weight excluding hydrogens is 380 g/mol. The molecule has 156 valence electrons. The molecule has 0 fully saturated rings. The Labute approximate surface area is 176 Å². The number of carbonyl (C=O) groups excluding carboxylic acids is 2. The van der Waals surface area contributed by atoms with Gasteiger partial charge in [0.2, 0.25) is 0 Å². The number of benzene rings is 3. The van der Waals surface area contributed by atoms with E-state index in [1.165, 1.54) is 0 Å². The lowest BCUT2D eigenvalue weighted by molar-refractivity contribution is -0.135. The van der Waals surface area contributed by atoms with Crippen LogP contribution in [0.3, 0.4) is 0 Å². The summed E-state index contributed by atoms with van der Waals surface area (Å²) in [6, 6.07) is 21.0. The summed E-state index contributed by atoms with van der Waals surface area (Å²) in [5.74, 6) is 0.296. The number of carbonyl (C=O) groups is 2. The Hall–Kier alpha value is -3.54. The van der Waals surface area contributed by atoms with Crippen LogP contribution in [0.2, 0.25) is 0 Å². The standard InChI is InChI=1S/C24H26N2O4/c1-4-22(30-20-12-9-16(2)10-13-20)24(28)26-25-23(27)17(3)29-21-14-11-18-7-5-6-8-19(18)15-21/h5-15,17,22H,4H2,1-3H3,(H,25,27)(H,26,28)/t17-,22-/m0/s1. The molecule has 0 aliphatic heterocycles. The number of hydrogen-bond acceptors (Lipinski definition) is 4. The molecule has 0 saturated carbocycles.